The molecule has 0 unspecified atom stereocenters. The predicted molar refractivity (Wildman–Crippen MR) is 78.9 cm³/mol. The van der Waals surface area contributed by atoms with E-state index in [0.29, 0.717) is 52.0 Å². The molecule has 0 spiro atoms. The van der Waals surface area contributed by atoms with Crippen LogP contribution in [0.1, 0.15) is 0 Å². The molecule has 6 heteroatoms. The quantitative estimate of drug-likeness (QED) is 0.150. The molecule has 0 aromatic carbocycles. The van der Waals surface area contributed by atoms with E-state index in [1.54, 1.807) is 6.08 Å². The van der Waals surface area contributed by atoms with Crippen LogP contribution in [0.3, 0.4) is 0 Å². The molecule has 0 bridgehead atoms. The van der Waals surface area contributed by atoms with Crippen LogP contribution >= 0.6 is 0 Å². The molecule has 0 aromatic rings. The van der Waals surface area contributed by atoms with Gasteiger partial charge in [0, 0.05) is 6.08 Å². The monoisotopic (exact) mass is 300 g/mol. The largest absolute Gasteiger partial charge is 0.492 e. The molecule has 0 aliphatic carbocycles. The molecule has 0 N–H and O–H groups in total. The SMILES string of the molecule is C=CC(=C)OCCOCCOCCOCCOC(=O)C=C. The smallest absolute Gasteiger partial charge is 0.330 e. The summed E-state index contributed by atoms with van der Waals surface area (Å²) in [4.78, 5) is 10.7. The maximum Gasteiger partial charge on any atom is 0.330 e. The Labute approximate surface area is 126 Å². The summed E-state index contributed by atoms with van der Waals surface area (Å²) in [6.07, 6.45) is 2.66. The minimum Gasteiger partial charge on any atom is -0.492 e. The van der Waals surface area contributed by atoms with Crippen molar-refractivity contribution in [3.63, 3.8) is 0 Å². The maximum atomic E-state index is 10.7. The normalized spacial score (nSPS) is 9.90. The highest BCUT2D eigenvalue weighted by molar-refractivity contribution is 5.81. The highest BCUT2D eigenvalue weighted by Gasteiger charge is 1.95. The summed E-state index contributed by atoms with van der Waals surface area (Å²) in [5.74, 6) is 0.0819. The number of carbonyl (C=O) groups is 1. The summed E-state index contributed by atoms with van der Waals surface area (Å²) in [7, 11) is 0. The van der Waals surface area contributed by atoms with Gasteiger partial charge in [-0.15, -0.1) is 0 Å². The molecular formula is C15H24O6. The predicted octanol–water partition coefficient (Wildman–Crippen LogP) is 1.48. The van der Waals surface area contributed by atoms with E-state index in [4.69, 9.17) is 23.7 Å². The third-order valence-corrected chi connectivity index (χ3v) is 2.13. The topological polar surface area (TPSA) is 63.2 Å². The molecule has 0 saturated heterocycles. The standard InChI is InChI=1S/C15H24O6/c1-4-14(3)20-12-10-18-8-6-17-7-9-19-11-13-21-15(16)5-2/h4-5H,1-3,6-13H2. The summed E-state index contributed by atoms with van der Waals surface area (Å²) in [5, 5.41) is 0. The van der Waals surface area contributed by atoms with Crippen LogP contribution in [0.2, 0.25) is 0 Å². The van der Waals surface area contributed by atoms with Gasteiger partial charge in [0.2, 0.25) is 0 Å². The Balaban J connectivity index is 3.09. The molecule has 6 nitrogen and oxygen atoms in total. The highest BCUT2D eigenvalue weighted by atomic mass is 16.6. The minimum atomic E-state index is -0.451. The molecule has 21 heavy (non-hydrogen) atoms. The average Bonchev–Trinajstić information content (AvgIpc) is 2.51. The van der Waals surface area contributed by atoms with Crippen molar-refractivity contribution in [2.45, 2.75) is 0 Å². The maximum absolute atomic E-state index is 10.7. The first kappa shape index (κ1) is 19.4. The van der Waals surface area contributed by atoms with Crippen molar-refractivity contribution in [3.8, 4) is 0 Å². The summed E-state index contributed by atoms with van der Waals surface area (Å²) in [6, 6.07) is 0. The van der Waals surface area contributed by atoms with E-state index in [1.165, 1.54) is 0 Å². The van der Waals surface area contributed by atoms with E-state index in [-0.39, 0.29) is 6.61 Å². The fourth-order valence-corrected chi connectivity index (χ4v) is 1.09. The molecule has 0 radical (unpaired) electrons. The van der Waals surface area contributed by atoms with Gasteiger partial charge in [-0.05, 0) is 6.08 Å². The first-order valence-corrected chi connectivity index (χ1v) is 6.67. The zero-order valence-electron chi connectivity index (χ0n) is 12.4. The zero-order chi connectivity index (χ0) is 15.8. The van der Waals surface area contributed by atoms with Gasteiger partial charge in [-0.2, -0.15) is 0 Å². The fourth-order valence-electron chi connectivity index (χ4n) is 1.09. The van der Waals surface area contributed by atoms with Gasteiger partial charge in [0.1, 0.15) is 19.0 Å². The van der Waals surface area contributed by atoms with Crippen LogP contribution in [0.5, 0.6) is 0 Å². The Morgan fingerprint density at radius 2 is 1.14 bits per heavy atom. The summed E-state index contributed by atoms with van der Waals surface area (Å²) in [5.41, 5.74) is 0. The van der Waals surface area contributed by atoms with Crippen molar-refractivity contribution in [2.75, 3.05) is 52.9 Å². The van der Waals surface area contributed by atoms with Crippen LogP contribution in [0, 0.1) is 0 Å². The van der Waals surface area contributed by atoms with Gasteiger partial charge < -0.3 is 23.7 Å². The molecule has 0 aliphatic rings. The number of allylic oxidation sites excluding steroid dienone is 1. The van der Waals surface area contributed by atoms with Crippen molar-refractivity contribution >= 4 is 5.97 Å². The highest BCUT2D eigenvalue weighted by Crippen LogP contribution is 1.92. The molecule has 0 atom stereocenters. The van der Waals surface area contributed by atoms with E-state index in [2.05, 4.69) is 19.7 Å². The summed E-state index contributed by atoms with van der Waals surface area (Å²) < 4.78 is 25.6. The average molecular weight is 300 g/mol. The third kappa shape index (κ3) is 14.6. The van der Waals surface area contributed by atoms with Gasteiger partial charge in [-0.3, -0.25) is 0 Å². The second-order valence-corrected chi connectivity index (χ2v) is 3.73. The Bertz CT molecular complexity index is 283. The molecule has 0 saturated carbocycles. The van der Waals surface area contributed by atoms with Crippen molar-refractivity contribution in [1.82, 2.24) is 0 Å². The molecule has 0 amide bonds. The van der Waals surface area contributed by atoms with Crippen molar-refractivity contribution in [3.05, 3.63) is 37.6 Å². The van der Waals surface area contributed by atoms with Gasteiger partial charge >= 0.3 is 5.97 Å². The molecule has 0 aliphatic heterocycles. The Kier molecular flexibility index (Phi) is 13.6. The van der Waals surface area contributed by atoms with E-state index >= 15 is 0 Å². The van der Waals surface area contributed by atoms with Crippen LogP contribution in [0.15, 0.2) is 37.6 Å². The number of esters is 1. The van der Waals surface area contributed by atoms with Crippen LogP contribution in [0.4, 0.5) is 0 Å². The third-order valence-electron chi connectivity index (χ3n) is 2.13. The molecule has 0 rings (SSSR count). The molecule has 120 valence electrons. The number of hydrogen-bond donors (Lipinski definition) is 0. The Morgan fingerprint density at radius 1 is 0.714 bits per heavy atom. The number of hydrogen-bond acceptors (Lipinski definition) is 6. The Morgan fingerprint density at radius 3 is 1.57 bits per heavy atom. The van der Waals surface area contributed by atoms with Gasteiger partial charge in [-0.1, -0.05) is 19.7 Å². The van der Waals surface area contributed by atoms with Crippen LogP contribution in [0.25, 0.3) is 0 Å². The van der Waals surface area contributed by atoms with Crippen molar-refractivity contribution < 1.29 is 28.5 Å². The molecule has 0 aromatic heterocycles. The van der Waals surface area contributed by atoms with Gasteiger partial charge in [0.05, 0.1) is 39.6 Å². The van der Waals surface area contributed by atoms with Crippen LogP contribution in [-0.2, 0) is 28.5 Å². The van der Waals surface area contributed by atoms with Crippen LogP contribution < -0.4 is 0 Å². The number of rotatable bonds is 15. The lowest BCUT2D eigenvalue weighted by Gasteiger charge is -2.08. The van der Waals surface area contributed by atoms with Gasteiger partial charge in [-0.25, -0.2) is 4.79 Å². The lowest BCUT2D eigenvalue weighted by Crippen LogP contribution is -2.13. The van der Waals surface area contributed by atoms with E-state index in [9.17, 15) is 4.79 Å². The molecule has 0 heterocycles. The number of ether oxygens (including phenoxy) is 5. The van der Waals surface area contributed by atoms with Crippen molar-refractivity contribution in [1.29, 1.82) is 0 Å². The minimum absolute atomic E-state index is 0.212. The van der Waals surface area contributed by atoms with Crippen molar-refractivity contribution in [2.24, 2.45) is 0 Å². The fraction of sp³-hybridized carbons (Fsp3) is 0.533. The van der Waals surface area contributed by atoms with E-state index in [0.717, 1.165) is 6.08 Å². The van der Waals surface area contributed by atoms with E-state index in [1.807, 2.05) is 0 Å². The first-order chi connectivity index (χ1) is 10.2. The number of carbonyl (C=O) groups excluding carboxylic acids is 1. The zero-order valence-corrected chi connectivity index (χ0v) is 12.4. The second-order valence-electron chi connectivity index (χ2n) is 3.73. The Hall–Kier alpha value is -1.63. The van der Waals surface area contributed by atoms with E-state index < -0.39 is 5.97 Å². The summed E-state index contributed by atoms with van der Waals surface area (Å²) >= 11 is 0. The second kappa shape index (κ2) is 14.8. The van der Waals surface area contributed by atoms with Gasteiger partial charge in [0.25, 0.3) is 0 Å². The van der Waals surface area contributed by atoms with Crippen LogP contribution in [-0.4, -0.2) is 58.8 Å². The lowest BCUT2D eigenvalue weighted by atomic mass is 10.5. The molecule has 0 fully saturated rings. The first-order valence-electron chi connectivity index (χ1n) is 6.67. The summed E-state index contributed by atoms with van der Waals surface area (Å²) in [6.45, 7) is 13.8. The van der Waals surface area contributed by atoms with Gasteiger partial charge in [0.15, 0.2) is 0 Å². The lowest BCUT2D eigenvalue weighted by molar-refractivity contribution is -0.139. The molecular weight excluding hydrogens is 276 g/mol.